The monoisotopic (exact) mass is 350 g/mol. The fourth-order valence-electron chi connectivity index (χ4n) is 3.25. The molecule has 6 nitrogen and oxygen atoms in total. The Morgan fingerprint density at radius 2 is 1.08 bits per heavy atom. The molecule has 0 unspecified atom stereocenters. The zero-order chi connectivity index (χ0) is 18.6. The Morgan fingerprint density at radius 3 is 1.36 bits per heavy atom. The van der Waals surface area contributed by atoms with Crippen molar-refractivity contribution in [3.8, 4) is 12.1 Å². The van der Waals surface area contributed by atoms with Crippen LogP contribution in [-0.2, 0) is 18.9 Å². The molecule has 0 aromatic heterocycles. The highest BCUT2D eigenvalue weighted by atomic mass is 16.7. The van der Waals surface area contributed by atoms with Crippen molar-refractivity contribution in [2.45, 2.75) is 66.0 Å². The Bertz CT molecular complexity index is 465. The van der Waals surface area contributed by atoms with Crippen LogP contribution in [-0.4, -0.2) is 39.0 Å². The molecule has 0 radical (unpaired) electrons. The van der Waals surface area contributed by atoms with Crippen molar-refractivity contribution in [2.75, 3.05) is 26.4 Å². The van der Waals surface area contributed by atoms with Crippen LogP contribution in [0, 0.1) is 38.9 Å². The molecule has 0 atom stereocenters. The predicted molar refractivity (Wildman–Crippen MR) is 91.1 cm³/mol. The first kappa shape index (κ1) is 20.1. The molecule has 2 rings (SSSR count). The van der Waals surface area contributed by atoms with Gasteiger partial charge in [-0.1, -0.05) is 27.7 Å². The summed E-state index contributed by atoms with van der Waals surface area (Å²) in [6.45, 7) is 10.4. The molecule has 0 aromatic carbocycles. The average Bonchev–Trinajstić information content (AvgIpc) is 2.59. The lowest BCUT2D eigenvalue weighted by Gasteiger charge is -2.48. The molecule has 0 aliphatic carbocycles. The summed E-state index contributed by atoms with van der Waals surface area (Å²) < 4.78 is 23.9. The van der Waals surface area contributed by atoms with Crippen LogP contribution in [0.1, 0.15) is 53.4 Å². The topological polar surface area (TPSA) is 84.5 Å². The molecule has 0 amide bonds. The lowest BCUT2D eigenvalue weighted by molar-refractivity contribution is -0.334. The van der Waals surface area contributed by atoms with E-state index in [0.29, 0.717) is 39.3 Å². The lowest BCUT2D eigenvalue weighted by Crippen LogP contribution is -2.56. The first-order chi connectivity index (χ1) is 11.7. The SMILES string of the molecule is CC(C)(CCC#N)C1OCC2(CO1)COC(C(C)(C)CCC#N)OC2. The maximum atomic E-state index is 8.79. The Morgan fingerprint density at radius 1 is 0.760 bits per heavy atom. The van der Waals surface area contributed by atoms with Gasteiger partial charge in [0.25, 0.3) is 0 Å². The van der Waals surface area contributed by atoms with Crippen LogP contribution in [0.5, 0.6) is 0 Å². The Balaban J connectivity index is 1.85. The van der Waals surface area contributed by atoms with Crippen molar-refractivity contribution in [1.29, 1.82) is 10.5 Å². The molecule has 6 heteroatoms. The van der Waals surface area contributed by atoms with E-state index in [0.717, 1.165) is 12.8 Å². The summed E-state index contributed by atoms with van der Waals surface area (Å²) in [5.74, 6) is 0. The second-order valence-corrected chi connectivity index (χ2v) is 8.70. The number of hydrogen-bond acceptors (Lipinski definition) is 6. The molecule has 0 aromatic rings. The number of nitriles is 2. The minimum atomic E-state index is -0.309. The molecular formula is C19H30N2O4. The molecular weight excluding hydrogens is 320 g/mol. The van der Waals surface area contributed by atoms with Crippen LogP contribution in [0.15, 0.2) is 0 Å². The van der Waals surface area contributed by atoms with E-state index in [4.69, 9.17) is 29.5 Å². The van der Waals surface area contributed by atoms with Gasteiger partial charge >= 0.3 is 0 Å². The summed E-state index contributed by atoms with van der Waals surface area (Å²) in [5, 5.41) is 17.6. The van der Waals surface area contributed by atoms with Crippen LogP contribution in [0.2, 0.25) is 0 Å². The van der Waals surface area contributed by atoms with Gasteiger partial charge in [0.15, 0.2) is 12.6 Å². The van der Waals surface area contributed by atoms with E-state index >= 15 is 0 Å². The Kier molecular flexibility index (Phi) is 6.45. The van der Waals surface area contributed by atoms with Crippen molar-refractivity contribution < 1.29 is 18.9 Å². The molecule has 1 spiro atoms. The van der Waals surface area contributed by atoms with Gasteiger partial charge in [-0.2, -0.15) is 10.5 Å². The fraction of sp³-hybridized carbons (Fsp3) is 0.895. The zero-order valence-corrected chi connectivity index (χ0v) is 15.8. The van der Waals surface area contributed by atoms with E-state index < -0.39 is 0 Å². The maximum Gasteiger partial charge on any atom is 0.162 e. The highest BCUT2D eigenvalue weighted by Crippen LogP contribution is 2.40. The normalized spacial score (nSPS) is 30.6. The highest BCUT2D eigenvalue weighted by molar-refractivity contribution is 4.90. The summed E-state index contributed by atoms with van der Waals surface area (Å²) in [7, 11) is 0. The third-order valence-electron chi connectivity index (χ3n) is 5.20. The van der Waals surface area contributed by atoms with Gasteiger partial charge in [0.05, 0.1) is 44.0 Å². The van der Waals surface area contributed by atoms with Crippen molar-refractivity contribution >= 4 is 0 Å². The largest absolute Gasteiger partial charge is 0.351 e. The van der Waals surface area contributed by atoms with Gasteiger partial charge in [-0.05, 0) is 12.8 Å². The van der Waals surface area contributed by atoms with E-state index in [-0.39, 0.29) is 28.8 Å². The molecule has 2 aliphatic rings. The predicted octanol–water partition coefficient (Wildman–Crippen LogP) is 3.38. The van der Waals surface area contributed by atoms with E-state index in [9.17, 15) is 0 Å². The zero-order valence-electron chi connectivity index (χ0n) is 15.8. The first-order valence-corrected chi connectivity index (χ1v) is 8.95. The fourth-order valence-corrected chi connectivity index (χ4v) is 3.25. The minimum Gasteiger partial charge on any atom is -0.351 e. The second kappa shape index (κ2) is 8.01. The van der Waals surface area contributed by atoms with E-state index in [2.05, 4.69) is 39.8 Å². The van der Waals surface area contributed by atoms with Gasteiger partial charge in [0, 0.05) is 23.7 Å². The number of rotatable bonds is 6. The number of nitrogens with zero attached hydrogens (tertiary/aromatic N) is 2. The number of hydrogen-bond donors (Lipinski definition) is 0. The molecule has 0 bridgehead atoms. The van der Waals surface area contributed by atoms with Crippen LogP contribution in [0.3, 0.4) is 0 Å². The van der Waals surface area contributed by atoms with E-state index in [1.807, 2.05) is 0 Å². The quantitative estimate of drug-likeness (QED) is 0.730. The molecule has 140 valence electrons. The standard InChI is InChI=1S/C19H30N2O4/c1-17(2,7-5-9-20)15-22-11-19(12-23-15)13-24-16(25-14-19)18(3,4)8-6-10-21/h15-16H,5-8,11-14H2,1-4H3. The summed E-state index contributed by atoms with van der Waals surface area (Å²) in [5.41, 5.74) is -0.672. The van der Waals surface area contributed by atoms with Gasteiger partial charge < -0.3 is 18.9 Å². The van der Waals surface area contributed by atoms with Gasteiger partial charge in [0.1, 0.15) is 0 Å². The molecule has 0 saturated carbocycles. The molecule has 2 saturated heterocycles. The van der Waals surface area contributed by atoms with Crippen LogP contribution in [0.25, 0.3) is 0 Å². The third-order valence-corrected chi connectivity index (χ3v) is 5.20. The molecule has 2 aliphatic heterocycles. The summed E-state index contributed by atoms with van der Waals surface area (Å²) in [6.07, 6.45) is 1.85. The summed E-state index contributed by atoms with van der Waals surface area (Å²) >= 11 is 0. The van der Waals surface area contributed by atoms with Gasteiger partial charge in [0.2, 0.25) is 0 Å². The van der Waals surface area contributed by atoms with Gasteiger partial charge in [-0.15, -0.1) is 0 Å². The summed E-state index contributed by atoms with van der Waals surface area (Å²) in [4.78, 5) is 0. The second-order valence-electron chi connectivity index (χ2n) is 8.70. The molecule has 2 fully saturated rings. The highest BCUT2D eigenvalue weighted by Gasteiger charge is 2.47. The van der Waals surface area contributed by atoms with E-state index in [1.54, 1.807) is 0 Å². The van der Waals surface area contributed by atoms with Gasteiger partial charge in [-0.25, -0.2) is 0 Å². The van der Waals surface area contributed by atoms with Crippen LogP contribution >= 0.6 is 0 Å². The number of ether oxygens (including phenoxy) is 4. The van der Waals surface area contributed by atoms with Crippen LogP contribution < -0.4 is 0 Å². The smallest absolute Gasteiger partial charge is 0.162 e. The van der Waals surface area contributed by atoms with Crippen molar-refractivity contribution in [3.05, 3.63) is 0 Å². The van der Waals surface area contributed by atoms with Crippen molar-refractivity contribution in [2.24, 2.45) is 16.2 Å². The van der Waals surface area contributed by atoms with Crippen molar-refractivity contribution in [1.82, 2.24) is 0 Å². The molecule has 25 heavy (non-hydrogen) atoms. The maximum absolute atomic E-state index is 8.79. The first-order valence-electron chi connectivity index (χ1n) is 8.95. The lowest BCUT2D eigenvalue weighted by atomic mass is 9.83. The van der Waals surface area contributed by atoms with Crippen molar-refractivity contribution in [3.63, 3.8) is 0 Å². The molecule has 0 N–H and O–H groups in total. The Hall–Kier alpha value is -1.18. The minimum absolute atomic E-state index is 0.199. The summed E-state index contributed by atoms with van der Waals surface area (Å²) in [6, 6.07) is 4.36. The Labute approximate surface area is 151 Å². The molecule has 2 heterocycles. The van der Waals surface area contributed by atoms with E-state index in [1.165, 1.54) is 0 Å². The van der Waals surface area contributed by atoms with Gasteiger partial charge in [-0.3, -0.25) is 0 Å². The van der Waals surface area contributed by atoms with Crippen LogP contribution in [0.4, 0.5) is 0 Å². The third kappa shape index (κ3) is 4.92. The average molecular weight is 350 g/mol.